The van der Waals surface area contributed by atoms with E-state index in [-0.39, 0.29) is 24.9 Å². The molecule has 0 aliphatic heterocycles. The average molecular weight is 655 g/mol. The van der Waals surface area contributed by atoms with Crippen LogP contribution in [0.2, 0.25) is 0 Å². The Morgan fingerprint density at radius 3 is 1.96 bits per heavy atom. The van der Waals surface area contributed by atoms with E-state index in [0.717, 1.165) is 33.4 Å². The second-order valence-corrected chi connectivity index (χ2v) is 11.5. The van der Waals surface area contributed by atoms with Crippen molar-refractivity contribution in [1.29, 1.82) is 0 Å². The summed E-state index contributed by atoms with van der Waals surface area (Å²) in [5.74, 6) is -0.0256. The Hall–Kier alpha value is -5.55. The Balaban J connectivity index is 1.48. The predicted octanol–water partition coefficient (Wildman–Crippen LogP) is 1.70. The van der Waals surface area contributed by atoms with E-state index in [2.05, 4.69) is 17.2 Å². The topological polar surface area (TPSA) is 136 Å². The predicted molar refractivity (Wildman–Crippen MR) is 187 cm³/mol. The highest BCUT2D eigenvalue weighted by Crippen LogP contribution is 2.28. The molecule has 0 unspecified atom stereocenters. The maximum absolute atomic E-state index is 13.5. The molecule has 0 saturated carbocycles. The molecule has 12 heteroatoms. The van der Waals surface area contributed by atoms with Crippen molar-refractivity contribution in [1.82, 2.24) is 10.6 Å². The zero-order valence-corrected chi connectivity index (χ0v) is 27.1. The van der Waals surface area contributed by atoms with E-state index < -0.39 is 7.12 Å². The van der Waals surface area contributed by atoms with Crippen molar-refractivity contribution >= 4 is 32.1 Å². The molecule has 0 spiro atoms. The van der Waals surface area contributed by atoms with Crippen LogP contribution < -0.4 is 29.9 Å². The largest absolute Gasteiger partial charge is 0.569 e. The highest BCUT2D eigenvalue weighted by molar-refractivity contribution is 6.59. The van der Waals surface area contributed by atoms with Crippen molar-refractivity contribution in [3.05, 3.63) is 145 Å². The minimum atomic E-state index is -1.59. The fourth-order valence-corrected chi connectivity index (χ4v) is 5.41. The van der Waals surface area contributed by atoms with Crippen LogP contribution in [0.4, 0.5) is 0 Å². The van der Waals surface area contributed by atoms with Crippen LogP contribution in [0.3, 0.4) is 0 Å². The van der Waals surface area contributed by atoms with Gasteiger partial charge in [-0.15, -0.1) is 0 Å². The molecular weight excluding hydrogens is 618 g/mol. The van der Waals surface area contributed by atoms with E-state index in [9.17, 15) is 24.7 Å². The van der Waals surface area contributed by atoms with E-state index in [1.807, 2.05) is 107 Å². The van der Waals surface area contributed by atoms with Crippen LogP contribution in [0, 0.1) is 0 Å². The first-order valence-electron chi connectivity index (χ1n) is 15.7. The fraction of sp³-hybridized carbons (Fsp3) is 0.135. The van der Waals surface area contributed by atoms with E-state index in [1.165, 1.54) is 0 Å². The number of hydrogen-bond acceptors (Lipinski definition) is 6. The van der Waals surface area contributed by atoms with Crippen molar-refractivity contribution in [2.45, 2.75) is 20.0 Å². The number of benzene rings is 3. The molecule has 49 heavy (non-hydrogen) atoms. The van der Waals surface area contributed by atoms with Gasteiger partial charge in [-0.2, -0.15) is 0 Å². The molecule has 245 valence electrons. The number of aromatic nitrogens is 2. The number of nitrogens with one attached hydrogen (secondary N) is 2. The number of pyridine rings is 2. The Morgan fingerprint density at radius 2 is 1.35 bits per heavy atom. The number of nitrogens with zero attached hydrogens (tertiary/aromatic N) is 2. The van der Waals surface area contributed by atoms with Crippen molar-refractivity contribution < 1.29 is 38.4 Å². The van der Waals surface area contributed by atoms with E-state index in [4.69, 9.17) is 4.65 Å². The summed E-state index contributed by atoms with van der Waals surface area (Å²) < 4.78 is 9.23. The van der Waals surface area contributed by atoms with Gasteiger partial charge in [-0.05, 0) is 66.0 Å². The summed E-state index contributed by atoms with van der Waals surface area (Å²) in [5, 5.41) is 34.6. The third-order valence-corrected chi connectivity index (χ3v) is 7.85. The standard InChI is InChI=1S/C37H35B2N4O6/c1-26(2)36(44)40-15-16-41-37(45)33-20-31(27-11-7-17-42(22-27)24-29-9-3-5-13-34(29)39(47)48)19-32(21-33)28-12-8-18-43(23-28)25-30-10-4-6-14-35(30)49-38-46/h3-14,17-23,46-48H,1,15-16,24-25H2,2H3/p+2. The smallest absolute Gasteiger partial charge is 0.537 e. The monoisotopic (exact) mass is 655 g/mol. The van der Waals surface area contributed by atoms with E-state index in [0.29, 0.717) is 43.1 Å². The normalized spacial score (nSPS) is 10.6. The van der Waals surface area contributed by atoms with Crippen molar-refractivity contribution in [2.75, 3.05) is 13.1 Å². The second kappa shape index (κ2) is 16.5. The Morgan fingerprint density at radius 1 is 0.776 bits per heavy atom. The van der Waals surface area contributed by atoms with Gasteiger partial charge < -0.3 is 30.4 Å². The second-order valence-electron chi connectivity index (χ2n) is 11.5. The van der Waals surface area contributed by atoms with Crippen LogP contribution in [0.25, 0.3) is 22.3 Å². The third kappa shape index (κ3) is 9.29. The molecule has 2 amide bonds. The number of rotatable bonds is 14. The van der Waals surface area contributed by atoms with E-state index in [1.54, 1.807) is 25.1 Å². The maximum atomic E-state index is 13.5. The molecule has 5 rings (SSSR count). The summed E-state index contributed by atoms with van der Waals surface area (Å²) >= 11 is 0. The summed E-state index contributed by atoms with van der Waals surface area (Å²) in [7, 11) is -0.927. The maximum Gasteiger partial charge on any atom is 0.569 e. The average Bonchev–Trinajstić information content (AvgIpc) is 3.11. The van der Waals surface area contributed by atoms with Crippen molar-refractivity contribution in [3.8, 4) is 28.0 Å². The molecule has 0 saturated heterocycles. The molecule has 3 aromatic carbocycles. The van der Waals surface area contributed by atoms with Crippen molar-refractivity contribution in [2.24, 2.45) is 0 Å². The summed E-state index contributed by atoms with van der Waals surface area (Å²) in [4.78, 5) is 25.3. The number of carbonyl (C=O) groups is 2. The molecule has 10 nitrogen and oxygen atoms in total. The van der Waals surface area contributed by atoms with Gasteiger partial charge in [0.1, 0.15) is 5.75 Å². The van der Waals surface area contributed by atoms with Gasteiger partial charge in [0, 0.05) is 53.0 Å². The van der Waals surface area contributed by atoms with Crippen LogP contribution >= 0.6 is 0 Å². The summed E-state index contributed by atoms with van der Waals surface area (Å²) in [6.07, 6.45) is 7.77. The quantitative estimate of drug-likeness (QED) is 0.0536. The molecule has 2 aromatic heterocycles. The molecule has 1 radical (unpaired) electrons. The van der Waals surface area contributed by atoms with Crippen LogP contribution in [0.1, 0.15) is 28.4 Å². The van der Waals surface area contributed by atoms with Gasteiger partial charge in [-0.3, -0.25) is 9.59 Å². The summed E-state index contributed by atoms with van der Waals surface area (Å²) in [6, 6.07) is 28.0. The van der Waals surface area contributed by atoms with Crippen molar-refractivity contribution in [3.63, 3.8) is 0 Å². The lowest BCUT2D eigenvalue weighted by atomic mass is 9.77. The van der Waals surface area contributed by atoms with Crippen LogP contribution in [0.15, 0.2) is 128 Å². The Labute approximate surface area is 286 Å². The first kappa shape index (κ1) is 34.8. The molecule has 0 bridgehead atoms. The zero-order valence-electron chi connectivity index (χ0n) is 27.1. The van der Waals surface area contributed by atoms with Gasteiger partial charge in [-0.25, -0.2) is 9.13 Å². The molecule has 5 N–H and O–H groups in total. The minimum Gasteiger partial charge on any atom is -0.537 e. The van der Waals surface area contributed by atoms with Gasteiger partial charge in [0.25, 0.3) is 5.91 Å². The first-order chi connectivity index (χ1) is 23.7. The number of hydrogen-bond donors (Lipinski definition) is 5. The molecule has 0 fully saturated rings. The summed E-state index contributed by atoms with van der Waals surface area (Å²) in [6.45, 7) is 6.62. The first-order valence-corrected chi connectivity index (χ1v) is 15.7. The lowest BCUT2D eigenvalue weighted by Gasteiger charge is -2.12. The van der Waals surface area contributed by atoms with Gasteiger partial charge in [0.2, 0.25) is 5.91 Å². The van der Waals surface area contributed by atoms with Gasteiger partial charge in [0.05, 0.1) is 5.56 Å². The molecule has 0 aliphatic rings. The number of amides is 2. The van der Waals surface area contributed by atoms with Gasteiger partial charge in [-0.1, -0.05) is 43.0 Å². The molecular formula is C37H37B2N4O6+2. The Kier molecular flexibility index (Phi) is 11.7. The minimum absolute atomic E-state index is 0.233. The van der Waals surface area contributed by atoms with Gasteiger partial charge in [0.15, 0.2) is 37.9 Å². The Bertz CT molecular complexity index is 1970. The van der Waals surface area contributed by atoms with Gasteiger partial charge >= 0.3 is 14.8 Å². The lowest BCUT2D eigenvalue weighted by Crippen LogP contribution is -2.40. The lowest BCUT2D eigenvalue weighted by molar-refractivity contribution is -0.687. The third-order valence-electron chi connectivity index (χ3n) is 7.85. The van der Waals surface area contributed by atoms with Crippen LogP contribution in [-0.2, 0) is 17.9 Å². The molecule has 0 aliphatic carbocycles. The number of para-hydroxylation sites is 1. The molecule has 5 aromatic rings. The molecule has 2 heterocycles. The highest BCUT2D eigenvalue weighted by atomic mass is 16.5. The number of carbonyl (C=O) groups excluding carboxylic acids is 2. The zero-order chi connectivity index (χ0) is 34.8. The highest BCUT2D eigenvalue weighted by Gasteiger charge is 2.19. The van der Waals surface area contributed by atoms with E-state index >= 15 is 0 Å². The fourth-order valence-electron chi connectivity index (χ4n) is 5.41. The van der Waals surface area contributed by atoms with Crippen LogP contribution in [-0.4, -0.2) is 54.8 Å². The molecule has 0 atom stereocenters. The SMILES string of the molecule is C=C(C)C(=O)NCCNC(=O)c1cc(-c2ccc[n+](Cc3ccccc3O[B]O)c2)cc(-c2ccc[n+](Cc3ccccc3B(O)O)c2)c1. The van der Waals surface area contributed by atoms with Crippen LogP contribution in [0.5, 0.6) is 5.75 Å². The summed E-state index contributed by atoms with van der Waals surface area (Å²) in [5.41, 5.74) is 6.23.